The Labute approximate surface area is 186 Å². The molecule has 1 aliphatic rings. The number of guanidine groups is 1. The smallest absolute Gasteiger partial charge is 0.194 e. The molecule has 0 amide bonds. The lowest BCUT2D eigenvalue weighted by Crippen LogP contribution is -2.72. The summed E-state index contributed by atoms with van der Waals surface area (Å²) in [5.41, 5.74) is 1.70. The number of aromatic nitrogens is 2. The van der Waals surface area contributed by atoms with Crippen molar-refractivity contribution in [3.8, 4) is 0 Å². The molecule has 2 heterocycles. The summed E-state index contributed by atoms with van der Waals surface area (Å²) >= 11 is 0. The molecule has 1 aliphatic heterocycles. The number of likely N-dealkylation sites (tertiary alicyclic amines) is 1. The summed E-state index contributed by atoms with van der Waals surface area (Å²) in [7, 11) is 0. The van der Waals surface area contributed by atoms with Gasteiger partial charge in [-0.15, -0.1) is 24.0 Å². The molecule has 1 aromatic heterocycles. The molecule has 0 bridgehead atoms. The van der Waals surface area contributed by atoms with Gasteiger partial charge >= 0.3 is 0 Å². The summed E-state index contributed by atoms with van der Waals surface area (Å²) in [5.74, 6) is 2.10. The van der Waals surface area contributed by atoms with Crippen LogP contribution < -0.4 is 5.32 Å². The number of hydrogen-bond acceptors (Lipinski definition) is 2. The molecular formula is C22H34IN5. The maximum Gasteiger partial charge on any atom is 0.194 e. The number of hydrogen-bond donors (Lipinski definition) is 1. The Bertz CT molecular complexity index is 779. The second-order valence-corrected chi connectivity index (χ2v) is 8.47. The Balaban J connectivity index is 0.00000280. The lowest BCUT2D eigenvalue weighted by molar-refractivity contribution is -0.0667. The standard InChI is InChI=1S/C22H33N5.HI/c1-6-23-20(27-17-21(2,3)22(27,4)5)25-13-12-19-24-14-15-26(19)16-18-10-8-7-9-11-18;/h7-11,14-15H,6,12-13,16-17H2,1-5H3,(H,23,25);1H. The van der Waals surface area contributed by atoms with Crippen molar-refractivity contribution in [3.05, 3.63) is 54.1 Å². The molecule has 0 aliphatic carbocycles. The maximum atomic E-state index is 4.90. The van der Waals surface area contributed by atoms with E-state index in [-0.39, 0.29) is 29.5 Å². The van der Waals surface area contributed by atoms with Crippen LogP contribution >= 0.6 is 24.0 Å². The van der Waals surface area contributed by atoms with E-state index >= 15 is 0 Å². The molecule has 1 saturated heterocycles. The van der Waals surface area contributed by atoms with Crippen molar-refractivity contribution in [3.63, 3.8) is 0 Å². The van der Waals surface area contributed by atoms with Crippen molar-refractivity contribution < 1.29 is 0 Å². The Morgan fingerprint density at radius 3 is 2.50 bits per heavy atom. The van der Waals surface area contributed by atoms with Gasteiger partial charge in [-0.1, -0.05) is 44.2 Å². The lowest BCUT2D eigenvalue weighted by Gasteiger charge is -2.62. The number of rotatable bonds is 6. The quantitative estimate of drug-likeness (QED) is 0.372. The van der Waals surface area contributed by atoms with Crippen LogP contribution in [0.1, 0.15) is 46.0 Å². The highest BCUT2D eigenvalue weighted by atomic mass is 127. The van der Waals surface area contributed by atoms with Gasteiger partial charge in [0.15, 0.2) is 5.96 Å². The van der Waals surface area contributed by atoms with E-state index in [0.717, 1.165) is 44.4 Å². The number of imidazole rings is 1. The van der Waals surface area contributed by atoms with Crippen molar-refractivity contribution in [1.82, 2.24) is 19.8 Å². The van der Waals surface area contributed by atoms with Gasteiger partial charge in [-0.3, -0.25) is 4.99 Å². The number of nitrogens with one attached hydrogen (secondary N) is 1. The molecule has 0 atom stereocenters. The van der Waals surface area contributed by atoms with Crippen molar-refractivity contribution in [2.45, 2.75) is 53.1 Å². The van der Waals surface area contributed by atoms with Crippen LogP contribution in [0.4, 0.5) is 0 Å². The Hall–Kier alpha value is -1.57. The molecule has 28 heavy (non-hydrogen) atoms. The van der Waals surface area contributed by atoms with Crippen LogP contribution in [0.2, 0.25) is 0 Å². The fourth-order valence-electron chi connectivity index (χ4n) is 3.55. The fraction of sp³-hybridized carbons (Fsp3) is 0.545. The number of aliphatic imine (C=N–C) groups is 1. The molecule has 1 N–H and O–H groups in total. The summed E-state index contributed by atoms with van der Waals surface area (Å²) in [6, 6.07) is 10.5. The summed E-state index contributed by atoms with van der Waals surface area (Å²) in [6.45, 7) is 14.9. The van der Waals surface area contributed by atoms with Crippen LogP contribution in [0.3, 0.4) is 0 Å². The van der Waals surface area contributed by atoms with Gasteiger partial charge in [0.2, 0.25) is 0 Å². The summed E-state index contributed by atoms with van der Waals surface area (Å²) in [6.07, 6.45) is 4.78. The van der Waals surface area contributed by atoms with Gasteiger partial charge in [-0.2, -0.15) is 0 Å². The monoisotopic (exact) mass is 495 g/mol. The van der Waals surface area contributed by atoms with Crippen LogP contribution in [-0.2, 0) is 13.0 Å². The fourth-order valence-corrected chi connectivity index (χ4v) is 3.55. The Kier molecular flexibility index (Phi) is 7.53. The number of nitrogens with zero attached hydrogens (tertiary/aromatic N) is 4. The zero-order chi connectivity index (χ0) is 19.5. The summed E-state index contributed by atoms with van der Waals surface area (Å²) in [5, 5.41) is 3.46. The zero-order valence-corrected chi connectivity index (χ0v) is 20.1. The molecule has 3 rings (SSSR count). The highest BCUT2D eigenvalue weighted by Crippen LogP contribution is 2.46. The summed E-state index contributed by atoms with van der Waals surface area (Å²) in [4.78, 5) is 11.8. The van der Waals surface area contributed by atoms with Crippen molar-refractivity contribution in [1.29, 1.82) is 0 Å². The molecule has 0 spiro atoms. The molecule has 154 valence electrons. The van der Waals surface area contributed by atoms with Gasteiger partial charge in [0.1, 0.15) is 5.82 Å². The maximum absolute atomic E-state index is 4.90. The minimum atomic E-state index is 0. The molecule has 0 unspecified atom stereocenters. The van der Waals surface area contributed by atoms with Crippen molar-refractivity contribution in [2.75, 3.05) is 19.6 Å². The number of halogens is 1. The van der Waals surface area contributed by atoms with E-state index in [2.05, 4.69) is 84.8 Å². The molecule has 6 heteroatoms. The van der Waals surface area contributed by atoms with E-state index in [1.165, 1.54) is 5.56 Å². The highest BCUT2D eigenvalue weighted by Gasteiger charge is 2.53. The average molecular weight is 495 g/mol. The van der Waals surface area contributed by atoms with Gasteiger partial charge in [0.25, 0.3) is 0 Å². The van der Waals surface area contributed by atoms with Crippen LogP contribution in [0, 0.1) is 5.41 Å². The lowest BCUT2D eigenvalue weighted by atomic mass is 9.65. The number of benzene rings is 1. The summed E-state index contributed by atoms with van der Waals surface area (Å²) < 4.78 is 2.22. The van der Waals surface area contributed by atoms with E-state index in [1.54, 1.807) is 0 Å². The molecule has 1 aromatic carbocycles. The van der Waals surface area contributed by atoms with E-state index < -0.39 is 0 Å². The van der Waals surface area contributed by atoms with Crippen LogP contribution in [0.25, 0.3) is 0 Å². The largest absolute Gasteiger partial charge is 0.356 e. The van der Waals surface area contributed by atoms with Crippen molar-refractivity contribution >= 4 is 29.9 Å². The topological polar surface area (TPSA) is 45.5 Å². The normalized spacial score (nSPS) is 17.6. The first-order chi connectivity index (χ1) is 12.8. The van der Waals surface area contributed by atoms with Crippen LogP contribution in [0.15, 0.2) is 47.7 Å². The third kappa shape index (κ3) is 4.70. The van der Waals surface area contributed by atoms with Crippen molar-refractivity contribution in [2.24, 2.45) is 10.4 Å². The van der Waals surface area contributed by atoms with Crippen LogP contribution in [0.5, 0.6) is 0 Å². The minimum Gasteiger partial charge on any atom is -0.356 e. The zero-order valence-electron chi connectivity index (χ0n) is 17.8. The Morgan fingerprint density at radius 1 is 1.18 bits per heavy atom. The van der Waals surface area contributed by atoms with Gasteiger partial charge in [0, 0.05) is 55.9 Å². The first kappa shape index (κ1) is 22.7. The highest BCUT2D eigenvalue weighted by molar-refractivity contribution is 14.0. The molecule has 5 nitrogen and oxygen atoms in total. The first-order valence-corrected chi connectivity index (χ1v) is 9.95. The second kappa shape index (κ2) is 9.29. The molecule has 0 radical (unpaired) electrons. The third-order valence-electron chi connectivity index (χ3n) is 6.07. The molecule has 2 aromatic rings. The van der Waals surface area contributed by atoms with E-state index in [9.17, 15) is 0 Å². The molecule has 0 saturated carbocycles. The predicted molar refractivity (Wildman–Crippen MR) is 127 cm³/mol. The second-order valence-electron chi connectivity index (χ2n) is 8.47. The molecule has 1 fully saturated rings. The average Bonchev–Trinajstić information content (AvgIpc) is 3.07. The SMILES string of the molecule is CCNC(=NCCc1nccn1Cc1ccccc1)N1CC(C)(C)C1(C)C.I. The van der Waals surface area contributed by atoms with E-state index in [4.69, 9.17) is 4.99 Å². The first-order valence-electron chi connectivity index (χ1n) is 9.95. The van der Waals surface area contributed by atoms with Gasteiger partial charge in [0.05, 0.1) is 0 Å². The van der Waals surface area contributed by atoms with E-state index in [1.807, 2.05) is 12.3 Å². The Morgan fingerprint density at radius 2 is 1.89 bits per heavy atom. The third-order valence-corrected chi connectivity index (χ3v) is 6.07. The van der Waals surface area contributed by atoms with Gasteiger partial charge < -0.3 is 14.8 Å². The van der Waals surface area contributed by atoms with Gasteiger partial charge in [-0.05, 0) is 26.3 Å². The van der Waals surface area contributed by atoms with E-state index in [0.29, 0.717) is 5.41 Å². The van der Waals surface area contributed by atoms with Crippen LogP contribution in [-0.4, -0.2) is 45.6 Å². The molecular weight excluding hydrogens is 461 g/mol. The minimum absolute atomic E-state index is 0. The van der Waals surface area contributed by atoms with Gasteiger partial charge in [-0.25, -0.2) is 4.98 Å². The predicted octanol–water partition coefficient (Wildman–Crippen LogP) is 4.18.